The van der Waals surface area contributed by atoms with Crippen LogP contribution in [-0.2, 0) is 0 Å². The second-order valence-electron chi connectivity index (χ2n) is 7.83. The second-order valence-corrected chi connectivity index (χ2v) is 8.71. The zero-order valence-electron chi connectivity index (χ0n) is 18.8. The van der Waals surface area contributed by atoms with Crippen LogP contribution >= 0.6 is 23.2 Å². The summed E-state index contributed by atoms with van der Waals surface area (Å²) in [5.41, 5.74) is 6.09. The Labute approximate surface area is 217 Å². The van der Waals surface area contributed by atoms with E-state index in [0.29, 0.717) is 27.2 Å². The standard InChI is InChI=1S/C12H9ClN4O2.C11H7ClN4O2/c1-6-14-15-11-9(12(18)16-19)5-7-4-8(13)2-3-10(7)17(6)11;12-7-1-2-9-6(3-7)4-8(11(17)15-18)10-14-13-5-16(9)10/h2-5,19H,1H3,(H,16,18);1-5,18H,(H,15,17). The minimum absolute atomic E-state index is 0.227. The van der Waals surface area contributed by atoms with E-state index in [1.165, 1.54) is 6.33 Å². The molecule has 2 amide bonds. The number of carbonyl (C=O) groups excluding carboxylic acids is 2. The lowest BCUT2D eigenvalue weighted by Crippen LogP contribution is -2.19. The number of rotatable bonds is 2. The maximum absolute atomic E-state index is 11.7. The highest BCUT2D eigenvalue weighted by atomic mass is 35.5. The summed E-state index contributed by atoms with van der Waals surface area (Å²) in [6.45, 7) is 1.79. The zero-order chi connectivity index (χ0) is 26.3. The van der Waals surface area contributed by atoms with Crippen LogP contribution in [0.1, 0.15) is 26.5 Å². The molecule has 0 radical (unpaired) electrons. The lowest BCUT2D eigenvalue weighted by atomic mass is 10.1. The lowest BCUT2D eigenvalue weighted by Gasteiger charge is -2.07. The molecule has 4 N–H and O–H groups in total. The van der Waals surface area contributed by atoms with Crippen molar-refractivity contribution >= 4 is 68.1 Å². The number of fused-ring (bicyclic) bond motifs is 6. The molecule has 0 aliphatic carbocycles. The molecule has 37 heavy (non-hydrogen) atoms. The van der Waals surface area contributed by atoms with Crippen molar-refractivity contribution in [2.24, 2.45) is 0 Å². The van der Waals surface area contributed by atoms with Crippen molar-refractivity contribution in [1.29, 1.82) is 0 Å². The van der Waals surface area contributed by atoms with Gasteiger partial charge in [0.2, 0.25) is 0 Å². The molecule has 4 aromatic heterocycles. The Balaban J connectivity index is 0.000000152. The molecular weight excluding hydrogens is 523 g/mol. The van der Waals surface area contributed by atoms with Gasteiger partial charge in [0.1, 0.15) is 12.2 Å². The summed E-state index contributed by atoms with van der Waals surface area (Å²) < 4.78 is 3.41. The molecule has 0 aliphatic heterocycles. The van der Waals surface area contributed by atoms with Crippen molar-refractivity contribution in [2.45, 2.75) is 6.92 Å². The fourth-order valence-electron chi connectivity index (χ4n) is 4.02. The van der Waals surface area contributed by atoms with Gasteiger partial charge in [0.15, 0.2) is 11.3 Å². The predicted molar refractivity (Wildman–Crippen MR) is 134 cm³/mol. The molecule has 6 aromatic rings. The first-order chi connectivity index (χ1) is 17.8. The van der Waals surface area contributed by atoms with Crippen LogP contribution in [0.25, 0.3) is 33.1 Å². The molecule has 0 atom stereocenters. The summed E-state index contributed by atoms with van der Waals surface area (Å²) in [6, 6.07) is 13.8. The Hall–Kier alpha value is -4.36. The molecule has 0 spiro atoms. The minimum atomic E-state index is -0.644. The minimum Gasteiger partial charge on any atom is -0.288 e. The van der Waals surface area contributed by atoms with Gasteiger partial charge in [-0.15, -0.1) is 20.4 Å². The molecule has 12 nitrogen and oxygen atoms in total. The molecule has 186 valence electrons. The van der Waals surface area contributed by atoms with Gasteiger partial charge in [0.05, 0.1) is 22.2 Å². The normalized spacial score (nSPS) is 11.1. The fraction of sp³-hybridized carbons (Fsp3) is 0.0435. The Bertz CT molecular complexity index is 1850. The zero-order valence-corrected chi connectivity index (χ0v) is 20.4. The van der Waals surface area contributed by atoms with Crippen LogP contribution in [-0.4, -0.2) is 51.4 Å². The number of hydroxylamine groups is 2. The Kier molecular flexibility index (Phi) is 6.31. The van der Waals surface area contributed by atoms with E-state index in [1.807, 2.05) is 12.1 Å². The Morgan fingerprint density at radius 3 is 1.97 bits per heavy atom. The van der Waals surface area contributed by atoms with Gasteiger partial charge < -0.3 is 0 Å². The SMILES string of the molecule is Cc1nnc2c(C(=O)NO)cc3cc(Cl)ccc3n12.O=C(NO)c1cc2cc(Cl)ccc2n2cnnc12. The summed E-state index contributed by atoms with van der Waals surface area (Å²) in [7, 11) is 0. The van der Waals surface area contributed by atoms with E-state index >= 15 is 0 Å². The molecule has 0 saturated heterocycles. The van der Waals surface area contributed by atoms with Crippen molar-refractivity contribution in [3.8, 4) is 0 Å². The van der Waals surface area contributed by atoms with Crippen molar-refractivity contribution in [1.82, 2.24) is 40.2 Å². The number of hydrogen-bond donors (Lipinski definition) is 4. The van der Waals surface area contributed by atoms with E-state index in [0.717, 1.165) is 21.8 Å². The Morgan fingerprint density at radius 2 is 1.35 bits per heavy atom. The van der Waals surface area contributed by atoms with Gasteiger partial charge in [-0.2, -0.15) is 0 Å². The molecule has 0 unspecified atom stereocenters. The molecule has 4 heterocycles. The van der Waals surface area contributed by atoms with Crippen molar-refractivity contribution in [3.63, 3.8) is 0 Å². The van der Waals surface area contributed by atoms with Gasteiger partial charge >= 0.3 is 0 Å². The number of benzene rings is 2. The van der Waals surface area contributed by atoms with Crippen LogP contribution in [0.3, 0.4) is 0 Å². The number of halogens is 2. The van der Waals surface area contributed by atoms with Crippen LogP contribution in [0.15, 0.2) is 54.9 Å². The number of nitrogens with zero attached hydrogens (tertiary/aromatic N) is 6. The molecule has 0 bridgehead atoms. The highest BCUT2D eigenvalue weighted by Gasteiger charge is 2.17. The third-order valence-electron chi connectivity index (χ3n) is 5.63. The van der Waals surface area contributed by atoms with Gasteiger partial charge in [-0.1, -0.05) is 23.2 Å². The van der Waals surface area contributed by atoms with Crippen molar-refractivity contribution in [2.75, 3.05) is 0 Å². The summed E-state index contributed by atoms with van der Waals surface area (Å²) in [5, 5.41) is 35.7. The summed E-state index contributed by atoms with van der Waals surface area (Å²) in [6.07, 6.45) is 1.50. The third kappa shape index (κ3) is 4.27. The van der Waals surface area contributed by atoms with Gasteiger partial charge in [-0.05, 0) is 55.5 Å². The highest BCUT2D eigenvalue weighted by molar-refractivity contribution is 6.31. The maximum Gasteiger partial charge on any atom is 0.278 e. The second kappa shape index (κ2) is 9.59. The molecular formula is C23H16Cl2N8O4. The number of nitrogens with one attached hydrogen (secondary N) is 2. The topological polar surface area (TPSA) is 159 Å². The molecule has 2 aromatic carbocycles. The number of aromatic nitrogens is 6. The van der Waals surface area contributed by atoms with E-state index in [9.17, 15) is 9.59 Å². The van der Waals surface area contributed by atoms with Crippen LogP contribution in [0, 0.1) is 6.92 Å². The van der Waals surface area contributed by atoms with Crippen LogP contribution in [0.2, 0.25) is 10.0 Å². The van der Waals surface area contributed by atoms with Gasteiger partial charge in [0, 0.05) is 20.8 Å². The maximum atomic E-state index is 11.7. The van der Waals surface area contributed by atoms with Crippen molar-refractivity contribution < 1.29 is 20.0 Å². The summed E-state index contributed by atoms with van der Waals surface area (Å²) in [5.74, 6) is -0.635. The number of aryl methyl sites for hydroxylation is 1. The molecule has 6 rings (SSSR count). The number of carbonyl (C=O) groups is 2. The molecule has 0 aliphatic rings. The third-order valence-corrected chi connectivity index (χ3v) is 6.10. The monoisotopic (exact) mass is 538 g/mol. The first-order valence-electron chi connectivity index (χ1n) is 10.6. The molecule has 0 saturated carbocycles. The fourth-order valence-corrected chi connectivity index (χ4v) is 4.38. The molecule has 0 fully saturated rings. The van der Waals surface area contributed by atoms with E-state index in [2.05, 4.69) is 20.4 Å². The van der Waals surface area contributed by atoms with Gasteiger partial charge in [0.25, 0.3) is 11.8 Å². The smallest absolute Gasteiger partial charge is 0.278 e. The first kappa shape index (κ1) is 24.3. The highest BCUT2D eigenvalue weighted by Crippen LogP contribution is 2.25. The lowest BCUT2D eigenvalue weighted by molar-refractivity contribution is 0.0703. The average Bonchev–Trinajstić information content (AvgIpc) is 3.54. The summed E-state index contributed by atoms with van der Waals surface area (Å²) in [4.78, 5) is 23.3. The van der Waals surface area contributed by atoms with E-state index < -0.39 is 11.8 Å². The Morgan fingerprint density at radius 1 is 0.784 bits per heavy atom. The van der Waals surface area contributed by atoms with Crippen LogP contribution in [0.5, 0.6) is 0 Å². The first-order valence-corrected chi connectivity index (χ1v) is 11.3. The number of amides is 2. The van der Waals surface area contributed by atoms with Crippen LogP contribution < -0.4 is 11.0 Å². The van der Waals surface area contributed by atoms with E-state index in [1.54, 1.807) is 63.1 Å². The summed E-state index contributed by atoms with van der Waals surface area (Å²) >= 11 is 11.9. The quantitative estimate of drug-likeness (QED) is 0.192. The van der Waals surface area contributed by atoms with Gasteiger partial charge in [-0.3, -0.25) is 28.8 Å². The van der Waals surface area contributed by atoms with E-state index in [4.69, 9.17) is 33.6 Å². The average molecular weight is 539 g/mol. The predicted octanol–water partition coefficient (Wildman–Crippen LogP) is 3.62. The van der Waals surface area contributed by atoms with Crippen LogP contribution in [0.4, 0.5) is 0 Å². The van der Waals surface area contributed by atoms with Crippen molar-refractivity contribution in [3.05, 3.63) is 81.9 Å². The largest absolute Gasteiger partial charge is 0.288 e. The van der Waals surface area contributed by atoms with Gasteiger partial charge in [-0.25, -0.2) is 11.0 Å². The number of hydrogen-bond acceptors (Lipinski definition) is 8. The van der Waals surface area contributed by atoms with E-state index in [-0.39, 0.29) is 11.1 Å². The molecule has 14 heteroatoms. The number of pyridine rings is 2.